The lowest BCUT2D eigenvalue weighted by molar-refractivity contribution is -0.130. The first-order chi connectivity index (χ1) is 9.74. The summed E-state index contributed by atoms with van der Waals surface area (Å²) >= 11 is 0. The lowest BCUT2D eigenvalue weighted by Crippen LogP contribution is -2.39. The van der Waals surface area contributed by atoms with Gasteiger partial charge < -0.3 is 19.7 Å². The quantitative estimate of drug-likeness (QED) is 0.896. The Kier molecular flexibility index (Phi) is 5.09. The largest absolute Gasteiger partial charge is 0.497 e. The van der Waals surface area contributed by atoms with Crippen LogP contribution in [0.5, 0.6) is 11.5 Å². The Morgan fingerprint density at radius 1 is 1.20 bits per heavy atom. The van der Waals surface area contributed by atoms with Crippen molar-refractivity contribution in [1.29, 1.82) is 0 Å². The molecule has 110 valence electrons. The number of carbonyl (C=O) groups excluding carboxylic acids is 1. The fourth-order valence-electron chi connectivity index (χ4n) is 2.38. The minimum Gasteiger partial charge on any atom is -0.497 e. The molecule has 1 amide bonds. The van der Waals surface area contributed by atoms with Gasteiger partial charge in [0.2, 0.25) is 5.91 Å². The van der Waals surface area contributed by atoms with Gasteiger partial charge in [-0.1, -0.05) is 0 Å². The summed E-state index contributed by atoms with van der Waals surface area (Å²) in [5, 5.41) is 3.14. The van der Waals surface area contributed by atoms with Crippen LogP contribution in [0.25, 0.3) is 0 Å². The van der Waals surface area contributed by atoms with E-state index in [1.165, 1.54) is 6.42 Å². The number of amides is 1. The highest BCUT2D eigenvalue weighted by Gasteiger charge is 2.16. The van der Waals surface area contributed by atoms with Crippen LogP contribution in [0.4, 0.5) is 5.69 Å². The number of ether oxygens (including phenoxy) is 2. The average molecular weight is 278 g/mol. The van der Waals surface area contributed by atoms with Crippen molar-refractivity contribution < 1.29 is 14.3 Å². The molecule has 0 unspecified atom stereocenters. The summed E-state index contributed by atoms with van der Waals surface area (Å²) in [6.45, 7) is 2.02. The van der Waals surface area contributed by atoms with Crippen LogP contribution in [-0.4, -0.2) is 44.7 Å². The second-order valence-corrected chi connectivity index (χ2v) is 4.86. The molecule has 0 aliphatic carbocycles. The van der Waals surface area contributed by atoms with Gasteiger partial charge in [-0.3, -0.25) is 4.79 Å². The molecule has 2 rings (SSSR count). The van der Waals surface area contributed by atoms with Gasteiger partial charge in [0.05, 0.1) is 26.5 Å². The van der Waals surface area contributed by atoms with Crippen LogP contribution in [0, 0.1) is 0 Å². The summed E-state index contributed by atoms with van der Waals surface area (Å²) in [7, 11) is 3.23. The minimum atomic E-state index is 0.134. The van der Waals surface area contributed by atoms with Crippen molar-refractivity contribution in [3.63, 3.8) is 0 Å². The molecule has 0 atom stereocenters. The maximum absolute atomic E-state index is 12.1. The van der Waals surface area contributed by atoms with Gasteiger partial charge in [0.25, 0.3) is 0 Å². The molecule has 20 heavy (non-hydrogen) atoms. The van der Waals surface area contributed by atoms with E-state index in [2.05, 4.69) is 5.32 Å². The van der Waals surface area contributed by atoms with E-state index in [-0.39, 0.29) is 12.5 Å². The van der Waals surface area contributed by atoms with Crippen molar-refractivity contribution in [1.82, 2.24) is 4.90 Å². The molecule has 0 bridgehead atoms. The van der Waals surface area contributed by atoms with Crippen molar-refractivity contribution in [2.45, 2.75) is 19.3 Å². The molecule has 5 nitrogen and oxygen atoms in total. The Morgan fingerprint density at radius 2 is 1.95 bits per heavy atom. The summed E-state index contributed by atoms with van der Waals surface area (Å²) in [6.07, 6.45) is 3.43. The molecule has 1 aliphatic heterocycles. The zero-order valence-corrected chi connectivity index (χ0v) is 12.1. The Balaban J connectivity index is 1.96. The van der Waals surface area contributed by atoms with E-state index in [1.807, 2.05) is 23.1 Å². The van der Waals surface area contributed by atoms with Crippen LogP contribution in [0.15, 0.2) is 18.2 Å². The first-order valence-electron chi connectivity index (χ1n) is 6.98. The van der Waals surface area contributed by atoms with Crippen LogP contribution in [-0.2, 0) is 4.79 Å². The third-order valence-corrected chi connectivity index (χ3v) is 3.55. The van der Waals surface area contributed by atoms with Gasteiger partial charge >= 0.3 is 0 Å². The first kappa shape index (κ1) is 14.5. The Bertz CT molecular complexity index is 456. The van der Waals surface area contributed by atoms with E-state index in [9.17, 15) is 4.79 Å². The number of rotatable bonds is 5. The van der Waals surface area contributed by atoms with Gasteiger partial charge in [-0.15, -0.1) is 0 Å². The maximum Gasteiger partial charge on any atom is 0.241 e. The van der Waals surface area contributed by atoms with E-state index in [1.54, 1.807) is 14.2 Å². The van der Waals surface area contributed by atoms with Gasteiger partial charge in [-0.2, -0.15) is 0 Å². The highest BCUT2D eigenvalue weighted by atomic mass is 16.5. The van der Waals surface area contributed by atoms with Gasteiger partial charge in [-0.25, -0.2) is 0 Å². The van der Waals surface area contributed by atoms with Gasteiger partial charge in [0.15, 0.2) is 0 Å². The molecule has 1 fully saturated rings. The number of nitrogens with one attached hydrogen (secondary N) is 1. The Labute approximate surface area is 119 Å². The number of benzene rings is 1. The van der Waals surface area contributed by atoms with Crippen LogP contribution in [0.1, 0.15) is 19.3 Å². The fourth-order valence-corrected chi connectivity index (χ4v) is 2.38. The van der Waals surface area contributed by atoms with Gasteiger partial charge in [0, 0.05) is 19.2 Å². The third kappa shape index (κ3) is 3.56. The molecule has 1 aromatic carbocycles. The maximum atomic E-state index is 12.1. The minimum absolute atomic E-state index is 0.134. The second kappa shape index (κ2) is 7.03. The SMILES string of the molecule is COc1ccc(OC)c(NCC(=O)N2CCCCC2)c1. The number of methoxy groups -OCH3 is 2. The summed E-state index contributed by atoms with van der Waals surface area (Å²) < 4.78 is 10.5. The van der Waals surface area contributed by atoms with E-state index in [0.29, 0.717) is 5.75 Å². The normalized spacial score (nSPS) is 14.8. The Morgan fingerprint density at radius 3 is 2.60 bits per heavy atom. The molecule has 0 saturated carbocycles. The van der Waals surface area contributed by atoms with Crippen molar-refractivity contribution in [3.8, 4) is 11.5 Å². The summed E-state index contributed by atoms with van der Waals surface area (Å²) in [6, 6.07) is 5.49. The van der Waals surface area contributed by atoms with Crippen LogP contribution >= 0.6 is 0 Å². The molecule has 1 heterocycles. The molecule has 1 aliphatic rings. The van der Waals surface area contributed by atoms with Crippen LogP contribution in [0.3, 0.4) is 0 Å². The van der Waals surface area contributed by atoms with E-state index >= 15 is 0 Å². The standard InChI is InChI=1S/C15H22N2O3/c1-19-12-6-7-14(20-2)13(10-12)16-11-15(18)17-8-4-3-5-9-17/h6-7,10,16H,3-5,8-9,11H2,1-2H3. The van der Waals surface area contributed by atoms with Crippen molar-refractivity contribution in [2.75, 3.05) is 39.2 Å². The Hall–Kier alpha value is -1.91. The average Bonchev–Trinajstić information content (AvgIpc) is 2.53. The monoisotopic (exact) mass is 278 g/mol. The van der Waals surface area contributed by atoms with Crippen LogP contribution in [0.2, 0.25) is 0 Å². The summed E-state index contributed by atoms with van der Waals surface area (Å²) in [5.41, 5.74) is 0.775. The predicted molar refractivity (Wildman–Crippen MR) is 78.5 cm³/mol. The smallest absolute Gasteiger partial charge is 0.241 e. The lowest BCUT2D eigenvalue weighted by Gasteiger charge is -2.27. The number of anilines is 1. The predicted octanol–water partition coefficient (Wildman–Crippen LogP) is 2.13. The van der Waals surface area contributed by atoms with Crippen LogP contribution < -0.4 is 14.8 Å². The molecular weight excluding hydrogens is 256 g/mol. The van der Waals surface area contributed by atoms with Gasteiger partial charge in [0.1, 0.15) is 11.5 Å². The fraction of sp³-hybridized carbons (Fsp3) is 0.533. The molecule has 1 aromatic rings. The molecule has 0 spiro atoms. The third-order valence-electron chi connectivity index (χ3n) is 3.55. The van der Waals surface area contributed by atoms with Crippen molar-refractivity contribution >= 4 is 11.6 Å². The van der Waals surface area contributed by atoms with E-state index in [4.69, 9.17) is 9.47 Å². The number of nitrogens with zero attached hydrogens (tertiary/aromatic N) is 1. The molecule has 1 saturated heterocycles. The van der Waals surface area contributed by atoms with E-state index < -0.39 is 0 Å². The second-order valence-electron chi connectivity index (χ2n) is 4.86. The highest BCUT2D eigenvalue weighted by Crippen LogP contribution is 2.28. The number of hydrogen-bond acceptors (Lipinski definition) is 4. The zero-order valence-electron chi connectivity index (χ0n) is 12.1. The number of hydrogen-bond donors (Lipinski definition) is 1. The highest BCUT2D eigenvalue weighted by molar-refractivity contribution is 5.81. The number of piperidine rings is 1. The molecule has 0 radical (unpaired) electrons. The number of likely N-dealkylation sites (tertiary alicyclic amines) is 1. The molecular formula is C15H22N2O3. The first-order valence-corrected chi connectivity index (χ1v) is 6.98. The topological polar surface area (TPSA) is 50.8 Å². The zero-order chi connectivity index (χ0) is 14.4. The summed E-state index contributed by atoms with van der Waals surface area (Å²) in [4.78, 5) is 14.0. The summed E-state index contributed by atoms with van der Waals surface area (Å²) in [5.74, 6) is 1.57. The lowest BCUT2D eigenvalue weighted by atomic mass is 10.1. The van der Waals surface area contributed by atoms with E-state index in [0.717, 1.165) is 37.4 Å². The van der Waals surface area contributed by atoms with Crippen molar-refractivity contribution in [2.24, 2.45) is 0 Å². The molecule has 5 heteroatoms. The van der Waals surface area contributed by atoms with Gasteiger partial charge in [-0.05, 0) is 31.4 Å². The number of carbonyl (C=O) groups is 1. The molecule has 0 aromatic heterocycles. The molecule has 1 N–H and O–H groups in total. The van der Waals surface area contributed by atoms with Crippen molar-refractivity contribution in [3.05, 3.63) is 18.2 Å².